The van der Waals surface area contributed by atoms with Crippen molar-refractivity contribution in [1.82, 2.24) is 29.3 Å². The van der Waals surface area contributed by atoms with Crippen molar-refractivity contribution in [2.24, 2.45) is 7.05 Å². The third-order valence-electron chi connectivity index (χ3n) is 6.10. The van der Waals surface area contributed by atoms with Gasteiger partial charge in [0.05, 0.1) is 18.8 Å². The van der Waals surface area contributed by atoms with Gasteiger partial charge in [-0.25, -0.2) is 19.0 Å². The molecule has 11 nitrogen and oxygen atoms in total. The van der Waals surface area contributed by atoms with Crippen LogP contribution in [0.15, 0.2) is 58.2 Å². The number of aryl methyl sites for hydroxylation is 2. The summed E-state index contributed by atoms with van der Waals surface area (Å²) in [5.74, 6) is 2.33. The molecule has 4 heterocycles. The Kier molecular flexibility index (Phi) is 5.51. The molecule has 0 amide bonds. The summed E-state index contributed by atoms with van der Waals surface area (Å²) in [6.07, 6.45) is 3.78. The van der Waals surface area contributed by atoms with Crippen LogP contribution < -0.4 is 21.2 Å². The molecule has 1 unspecified atom stereocenters. The van der Waals surface area contributed by atoms with Crippen LogP contribution in [0.4, 0.5) is 11.6 Å². The molecule has 11 heteroatoms. The number of para-hydroxylation sites is 1. The second-order valence-corrected chi connectivity index (χ2v) is 8.31. The van der Waals surface area contributed by atoms with Crippen LogP contribution in [0.3, 0.4) is 0 Å². The molecule has 0 aliphatic carbocycles. The molecule has 1 atom stereocenters. The maximum absolute atomic E-state index is 13.7. The van der Waals surface area contributed by atoms with Crippen molar-refractivity contribution < 1.29 is 9.09 Å². The van der Waals surface area contributed by atoms with Crippen molar-refractivity contribution >= 4 is 17.2 Å². The fraction of sp³-hybridized carbons (Fsp3) is 0.250. The second kappa shape index (κ2) is 8.67. The molecule has 3 N–H and O–H groups in total. The van der Waals surface area contributed by atoms with Gasteiger partial charge in [-0.2, -0.15) is 9.67 Å². The van der Waals surface area contributed by atoms with E-state index in [0.717, 1.165) is 11.3 Å². The Balaban J connectivity index is 1.70. The van der Waals surface area contributed by atoms with Gasteiger partial charge in [0.1, 0.15) is 29.0 Å². The lowest BCUT2D eigenvalue weighted by Crippen LogP contribution is -2.33. The van der Waals surface area contributed by atoms with Gasteiger partial charge in [0.25, 0.3) is 5.56 Å². The molecule has 0 bridgehead atoms. The quantitative estimate of drug-likeness (QED) is 0.360. The van der Waals surface area contributed by atoms with Gasteiger partial charge >= 0.3 is 11.7 Å². The SMILES string of the molecule is CCC(Nc1ncnc(N)c1-c1onc(C)[n+]1C)c1nn2ccc(C)c2c(=O)n1-c1ccccc1. The Morgan fingerprint density at radius 3 is 2.63 bits per heavy atom. The lowest BCUT2D eigenvalue weighted by Gasteiger charge is -2.22. The van der Waals surface area contributed by atoms with E-state index in [9.17, 15) is 4.79 Å². The Hall–Kier alpha value is -4.54. The molecule has 178 valence electrons. The smallest absolute Gasteiger partial charge is 0.355 e. The van der Waals surface area contributed by atoms with Gasteiger partial charge in [0.15, 0.2) is 11.0 Å². The summed E-state index contributed by atoms with van der Waals surface area (Å²) in [5.41, 5.74) is 8.70. The number of fused-ring (bicyclic) bond motifs is 1. The second-order valence-electron chi connectivity index (χ2n) is 8.31. The van der Waals surface area contributed by atoms with E-state index in [1.54, 1.807) is 19.8 Å². The van der Waals surface area contributed by atoms with Crippen LogP contribution >= 0.6 is 0 Å². The summed E-state index contributed by atoms with van der Waals surface area (Å²) in [7, 11) is 1.83. The van der Waals surface area contributed by atoms with Crippen molar-refractivity contribution in [2.45, 2.75) is 33.2 Å². The average molecular weight is 473 g/mol. The van der Waals surface area contributed by atoms with E-state index in [1.807, 2.05) is 64.2 Å². The van der Waals surface area contributed by atoms with Crippen LogP contribution in [0.5, 0.6) is 0 Å². The number of hydrogen-bond acceptors (Lipinski definition) is 8. The summed E-state index contributed by atoms with van der Waals surface area (Å²) in [4.78, 5) is 22.3. The molecule has 0 saturated carbocycles. The number of nitrogen functional groups attached to an aromatic ring is 1. The van der Waals surface area contributed by atoms with Gasteiger partial charge in [-0.1, -0.05) is 25.1 Å². The molecule has 4 aromatic heterocycles. The Labute approximate surface area is 200 Å². The minimum absolute atomic E-state index is 0.149. The molecule has 5 aromatic rings. The number of nitrogens with one attached hydrogen (secondary N) is 1. The molecule has 1 aromatic carbocycles. The fourth-order valence-electron chi connectivity index (χ4n) is 4.11. The topological polar surface area (TPSA) is 133 Å². The Morgan fingerprint density at radius 2 is 1.94 bits per heavy atom. The predicted molar refractivity (Wildman–Crippen MR) is 130 cm³/mol. The first-order chi connectivity index (χ1) is 16.9. The molecular weight excluding hydrogens is 446 g/mol. The minimum atomic E-state index is -0.391. The molecule has 0 saturated heterocycles. The molecule has 0 fully saturated rings. The van der Waals surface area contributed by atoms with E-state index in [1.165, 1.54) is 6.33 Å². The van der Waals surface area contributed by atoms with E-state index in [4.69, 9.17) is 15.4 Å². The normalized spacial score (nSPS) is 12.2. The number of anilines is 2. The highest BCUT2D eigenvalue weighted by molar-refractivity contribution is 5.77. The van der Waals surface area contributed by atoms with Crippen LogP contribution in [-0.4, -0.2) is 29.3 Å². The summed E-state index contributed by atoms with van der Waals surface area (Å²) >= 11 is 0. The van der Waals surface area contributed by atoms with Gasteiger partial charge in [-0.05, 0) is 37.1 Å². The molecule has 0 aliphatic heterocycles. The number of nitrogens with two attached hydrogens (primary N) is 1. The molecule has 5 rings (SSSR count). The Morgan fingerprint density at radius 1 is 1.17 bits per heavy atom. The van der Waals surface area contributed by atoms with E-state index in [-0.39, 0.29) is 11.4 Å². The first-order valence-corrected chi connectivity index (χ1v) is 11.3. The summed E-state index contributed by atoms with van der Waals surface area (Å²) in [5, 5.41) is 12.3. The van der Waals surface area contributed by atoms with Crippen LogP contribution in [0.1, 0.15) is 36.6 Å². The number of nitrogens with zero attached hydrogens (tertiary/aromatic N) is 7. The highest BCUT2D eigenvalue weighted by Crippen LogP contribution is 2.31. The predicted octanol–water partition coefficient (Wildman–Crippen LogP) is 2.52. The zero-order valence-corrected chi connectivity index (χ0v) is 19.9. The van der Waals surface area contributed by atoms with Crippen molar-refractivity contribution in [3.63, 3.8) is 0 Å². The van der Waals surface area contributed by atoms with E-state index < -0.39 is 6.04 Å². The van der Waals surface area contributed by atoms with Crippen LogP contribution in [0.2, 0.25) is 0 Å². The number of aromatic nitrogens is 7. The van der Waals surface area contributed by atoms with Crippen molar-refractivity contribution in [3.05, 3.63) is 76.5 Å². The van der Waals surface area contributed by atoms with E-state index in [0.29, 0.717) is 40.9 Å². The highest BCUT2D eigenvalue weighted by Gasteiger charge is 2.28. The molecule has 0 radical (unpaired) electrons. The van der Waals surface area contributed by atoms with Crippen molar-refractivity contribution in [1.29, 1.82) is 0 Å². The zero-order valence-electron chi connectivity index (χ0n) is 19.9. The largest absolute Gasteiger partial charge is 0.383 e. The van der Waals surface area contributed by atoms with Crippen LogP contribution in [-0.2, 0) is 7.05 Å². The third kappa shape index (κ3) is 3.70. The maximum atomic E-state index is 13.7. The van der Waals surface area contributed by atoms with Gasteiger partial charge in [-0.15, -0.1) is 0 Å². The van der Waals surface area contributed by atoms with Gasteiger partial charge in [0, 0.05) is 13.1 Å². The maximum Gasteiger partial charge on any atom is 0.355 e. The molecule has 0 aliphatic rings. The summed E-state index contributed by atoms with van der Waals surface area (Å²) < 4.78 is 10.6. The van der Waals surface area contributed by atoms with Crippen molar-refractivity contribution in [2.75, 3.05) is 11.1 Å². The molecule has 0 spiro atoms. The molecule has 35 heavy (non-hydrogen) atoms. The average Bonchev–Trinajstić information content (AvgIpc) is 3.40. The summed E-state index contributed by atoms with van der Waals surface area (Å²) in [6.45, 7) is 5.73. The fourth-order valence-corrected chi connectivity index (χ4v) is 4.11. The first kappa shape index (κ1) is 22.3. The first-order valence-electron chi connectivity index (χ1n) is 11.3. The zero-order chi connectivity index (χ0) is 24.7. The van der Waals surface area contributed by atoms with Gasteiger partial charge in [0.2, 0.25) is 0 Å². The number of rotatable bonds is 6. The lowest BCUT2D eigenvalue weighted by molar-refractivity contribution is -0.669. The number of hydrogen-bond donors (Lipinski definition) is 2. The number of benzene rings is 1. The van der Waals surface area contributed by atoms with Crippen LogP contribution in [0, 0.1) is 13.8 Å². The van der Waals surface area contributed by atoms with E-state index in [2.05, 4.69) is 20.4 Å². The van der Waals surface area contributed by atoms with E-state index >= 15 is 0 Å². The van der Waals surface area contributed by atoms with Crippen molar-refractivity contribution in [3.8, 4) is 17.1 Å². The summed E-state index contributed by atoms with van der Waals surface area (Å²) in [6, 6.07) is 11.0. The Bertz CT molecular complexity index is 1580. The highest BCUT2D eigenvalue weighted by atomic mass is 16.5. The van der Waals surface area contributed by atoms with Gasteiger partial charge in [-0.3, -0.25) is 9.36 Å². The standard InChI is InChI=1S/C24H25N9O2/c1-5-17(28-21-18(20(25)26-13-27-21)24-31(4)15(3)30-35-24)22-29-32-12-11-14(2)19(32)23(34)33(22)16-9-7-6-8-10-16/h6-13,17H,5H2,1-4H3,(H2,25,26,27,28)/p+1. The molecular formula is C24H26N9O2+. The van der Waals surface area contributed by atoms with Gasteiger partial charge < -0.3 is 11.1 Å². The lowest BCUT2D eigenvalue weighted by atomic mass is 10.1. The monoisotopic (exact) mass is 472 g/mol. The third-order valence-corrected chi connectivity index (χ3v) is 6.10. The minimum Gasteiger partial charge on any atom is -0.383 e. The van der Waals surface area contributed by atoms with Crippen LogP contribution in [0.25, 0.3) is 22.7 Å².